The van der Waals surface area contributed by atoms with Crippen LogP contribution in [0.25, 0.3) is 0 Å². The summed E-state index contributed by atoms with van der Waals surface area (Å²) in [4.78, 5) is 25.3. The molecule has 7 heteroatoms. The molecule has 2 heterocycles. The van der Waals surface area contributed by atoms with E-state index in [1.807, 2.05) is 0 Å². The minimum absolute atomic E-state index is 0.0902. The highest BCUT2D eigenvalue weighted by Crippen LogP contribution is 2.33. The van der Waals surface area contributed by atoms with E-state index >= 15 is 0 Å². The highest BCUT2D eigenvalue weighted by atomic mass is 79.9. The van der Waals surface area contributed by atoms with E-state index < -0.39 is 11.4 Å². The van der Waals surface area contributed by atoms with Crippen LogP contribution in [0, 0.1) is 12.3 Å². The first-order valence-corrected chi connectivity index (χ1v) is 6.96. The van der Waals surface area contributed by atoms with E-state index in [0.29, 0.717) is 17.6 Å². The van der Waals surface area contributed by atoms with Gasteiger partial charge in [-0.05, 0) is 35.3 Å². The third-order valence-corrected chi connectivity index (χ3v) is 3.99. The molecule has 1 amide bonds. The molecule has 1 aromatic rings. The number of hydrogen-bond donors (Lipinski definition) is 1. The summed E-state index contributed by atoms with van der Waals surface area (Å²) < 4.78 is 10.8. The first kappa shape index (κ1) is 15.1. The van der Waals surface area contributed by atoms with Gasteiger partial charge >= 0.3 is 5.97 Å². The number of ether oxygens (including phenoxy) is 1. The molecule has 20 heavy (non-hydrogen) atoms. The zero-order valence-corrected chi connectivity index (χ0v) is 12.9. The van der Waals surface area contributed by atoms with Crippen LogP contribution in [0.4, 0.5) is 0 Å². The number of nitrogens with zero attached hydrogens (tertiary/aromatic N) is 1. The maximum absolute atomic E-state index is 12.4. The Morgan fingerprint density at radius 3 is 2.80 bits per heavy atom. The number of aliphatic carboxylic acids is 1. The van der Waals surface area contributed by atoms with Crippen molar-refractivity contribution >= 4 is 27.8 Å². The Morgan fingerprint density at radius 1 is 1.60 bits per heavy atom. The summed E-state index contributed by atoms with van der Waals surface area (Å²) >= 11 is 3.18. The number of furan rings is 1. The van der Waals surface area contributed by atoms with Crippen molar-refractivity contribution in [1.82, 2.24) is 4.90 Å². The summed E-state index contributed by atoms with van der Waals surface area (Å²) in [6.07, 6.45) is 0.378. The number of carbonyl (C=O) groups excluding carboxylic acids is 1. The second-order valence-corrected chi connectivity index (χ2v) is 5.84. The van der Waals surface area contributed by atoms with Gasteiger partial charge in [0.05, 0.1) is 6.61 Å². The van der Waals surface area contributed by atoms with Crippen molar-refractivity contribution in [1.29, 1.82) is 0 Å². The molecule has 0 radical (unpaired) electrons. The number of rotatable bonds is 4. The van der Waals surface area contributed by atoms with Gasteiger partial charge in [0, 0.05) is 25.8 Å². The fourth-order valence-corrected chi connectivity index (χ4v) is 2.98. The van der Waals surface area contributed by atoms with Crippen molar-refractivity contribution < 1.29 is 23.8 Å². The van der Waals surface area contributed by atoms with Crippen LogP contribution in [0.3, 0.4) is 0 Å². The first-order valence-electron chi connectivity index (χ1n) is 6.17. The Labute approximate surface area is 124 Å². The fraction of sp³-hybridized carbons (Fsp3) is 0.538. The number of halogens is 1. The van der Waals surface area contributed by atoms with E-state index in [9.17, 15) is 14.7 Å². The summed E-state index contributed by atoms with van der Waals surface area (Å²) in [5.41, 5.74) is -0.302. The number of likely N-dealkylation sites (tertiary alicyclic amines) is 1. The number of amides is 1. The van der Waals surface area contributed by atoms with Crippen LogP contribution in [-0.2, 0) is 9.53 Å². The van der Waals surface area contributed by atoms with Crippen molar-refractivity contribution in [2.45, 2.75) is 13.3 Å². The van der Waals surface area contributed by atoms with Crippen LogP contribution in [0.1, 0.15) is 22.5 Å². The number of carbonyl (C=O) groups is 2. The van der Waals surface area contributed by atoms with E-state index in [-0.39, 0.29) is 24.8 Å². The molecule has 110 valence electrons. The molecular formula is C13H16BrNO5. The monoisotopic (exact) mass is 345 g/mol. The summed E-state index contributed by atoms with van der Waals surface area (Å²) in [7, 11) is 1.46. The van der Waals surface area contributed by atoms with E-state index in [1.54, 1.807) is 13.0 Å². The summed E-state index contributed by atoms with van der Waals surface area (Å²) in [6, 6.07) is 1.71. The largest absolute Gasteiger partial charge is 0.481 e. The molecular weight excluding hydrogens is 330 g/mol. The van der Waals surface area contributed by atoms with E-state index in [4.69, 9.17) is 9.15 Å². The molecule has 1 fully saturated rings. The Kier molecular flexibility index (Phi) is 4.19. The molecule has 1 saturated heterocycles. The van der Waals surface area contributed by atoms with Crippen molar-refractivity contribution in [3.63, 3.8) is 0 Å². The summed E-state index contributed by atoms with van der Waals surface area (Å²) in [5.74, 6) is -0.977. The van der Waals surface area contributed by atoms with Gasteiger partial charge in [0.25, 0.3) is 5.91 Å². The van der Waals surface area contributed by atoms with Crippen molar-refractivity contribution in [3.8, 4) is 0 Å². The highest BCUT2D eigenvalue weighted by Gasteiger charge is 2.47. The van der Waals surface area contributed by atoms with Crippen LogP contribution in [0.15, 0.2) is 15.2 Å². The molecule has 1 aliphatic heterocycles. The van der Waals surface area contributed by atoms with E-state index in [1.165, 1.54) is 12.0 Å². The Morgan fingerprint density at radius 2 is 2.30 bits per heavy atom. The van der Waals surface area contributed by atoms with Gasteiger partial charge in [-0.3, -0.25) is 9.59 Å². The Hall–Kier alpha value is -1.34. The molecule has 1 atom stereocenters. The third-order valence-electron chi connectivity index (χ3n) is 3.60. The van der Waals surface area contributed by atoms with E-state index in [2.05, 4.69) is 15.9 Å². The van der Waals surface area contributed by atoms with Crippen LogP contribution < -0.4 is 0 Å². The van der Waals surface area contributed by atoms with Gasteiger partial charge in [-0.15, -0.1) is 0 Å². The lowest BCUT2D eigenvalue weighted by molar-refractivity contribution is -0.151. The minimum Gasteiger partial charge on any atom is -0.481 e. The lowest BCUT2D eigenvalue weighted by atomic mass is 9.88. The standard InChI is InChI=1S/C13H16BrNO5/c1-8-5-9(14)20-10(8)11(16)15-4-3-13(6-15,7-19-2)12(17)18/h5H,3-4,6-7H2,1-2H3,(H,17,18). The molecule has 0 bridgehead atoms. The first-order chi connectivity index (χ1) is 9.39. The van der Waals surface area contributed by atoms with Crippen molar-refractivity contribution in [2.24, 2.45) is 5.41 Å². The molecule has 0 aromatic carbocycles. The van der Waals surface area contributed by atoms with Crippen molar-refractivity contribution in [2.75, 3.05) is 26.8 Å². The van der Waals surface area contributed by atoms with Crippen LogP contribution in [-0.4, -0.2) is 48.7 Å². The molecule has 6 nitrogen and oxygen atoms in total. The number of carboxylic acid groups (broad SMARTS) is 1. The lowest BCUT2D eigenvalue weighted by Gasteiger charge is -2.23. The number of methoxy groups -OCH3 is 1. The van der Waals surface area contributed by atoms with Gasteiger partial charge in [-0.2, -0.15) is 0 Å². The second kappa shape index (κ2) is 5.57. The van der Waals surface area contributed by atoms with Gasteiger partial charge in [-0.25, -0.2) is 0 Å². The van der Waals surface area contributed by atoms with Gasteiger partial charge in [0.15, 0.2) is 10.4 Å². The van der Waals surface area contributed by atoms with Gasteiger partial charge < -0.3 is 19.2 Å². The molecule has 0 aliphatic carbocycles. The topological polar surface area (TPSA) is 80.0 Å². The van der Waals surface area contributed by atoms with Crippen LogP contribution in [0.5, 0.6) is 0 Å². The molecule has 1 aromatic heterocycles. The quantitative estimate of drug-likeness (QED) is 0.901. The number of aryl methyl sites for hydroxylation is 1. The normalized spacial score (nSPS) is 22.2. The SMILES string of the molecule is COCC1(C(=O)O)CCN(C(=O)c2oc(Br)cc2C)C1. The number of carboxylic acids is 1. The Bertz CT molecular complexity index is 541. The van der Waals surface area contributed by atoms with Gasteiger partial charge in [-0.1, -0.05) is 0 Å². The molecule has 1 aliphatic rings. The lowest BCUT2D eigenvalue weighted by Crippen LogP contribution is -2.40. The van der Waals surface area contributed by atoms with Gasteiger partial charge in [0.2, 0.25) is 0 Å². The molecule has 1 unspecified atom stereocenters. The zero-order valence-electron chi connectivity index (χ0n) is 11.3. The average Bonchev–Trinajstić information content (AvgIpc) is 2.94. The molecule has 2 rings (SSSR count). The summed E-state index contributed by atoms with van der Waals surface area (Å²) in [6.45, 7) is 2.38. The Balaban J connectivity index is 2.18. The molecule has 0 spiro atoms. The van der Waals surface area contributed by atoms with E-state index in [0.717, 1.165) is 5.56 Å². The number of hydrogen-bond acceptors (Lipinski definition) is 4. The predicted molar refractivity (Wildman–Crippen MR) is 73.6 cm³/mol. The molecule has 1 N–H and O–H groups in total. The second-order valence-electron chi connectivity index (χ2n) is 5.06. The third kappa shape index (κ3) is 2.60. The van der Waals surface area contributed by atoms with Crippen LogP contribution >= 0.6 is 15.9 Å². The van der Waals surface area contributed by atoms with Crippen LogP contribution in [0.2, 0.25) is 0 Å². The fourth-order valence-electron chi connectivity index (χ4n) is 2.48. The minimum atomic E-state index is -1.03. The molecule has 0 saturated carbocycles. The zero-order chi connectivity index (χ0) is 14.9. The van der Waals surface area contributed by atoms with Crippen molar-refractivity contribution in [3.05, 3.63) is 22.1 Å². The average molecular weight is 346 g/mol. The maximum atomic E-state index is 12.4. The summed E-state index contributed by atoms with van der Waals surface area (Å²) in [5, 5.41) is 9.37. The maximum Gasteiger partial charge on any atom is 0.313 e. The smallest absolute Gasteiger partial charge is 0.313 e. The predicted octanol–water partition coefficient (Wildman–Crippen LogP) is 1.91. The van der Waals surface area contributed by atoms with Gasteiger partial charge in [0.1, 0.15) is 5.41 Å². The highest BCUT2D eigenvalue weighted by molar-refractivity contribution is 9.10.